The lowest BCUT2D eigenvalue weighted by molar-refractivity contribution is -0.171. The quantitative estimate of drug-likeness (QED) is 0.0936. The first kappa shape index (κ1) is 52.5. The molecule has 2 unspecified atom stereocenters. The van der Waals surface area contributed by atoms with Crippen LogP contribution >= 0.6 is 0 Å². The van der Waals surface area contributed by atoms with Crippen LogP contribution in [0.5, 0.6) is 11.5 Å². The number of carbonyl (C=O) groups excluding carboxylic acids is 1. The van der Waals surface area contributed by atoms with E-state index in [1.807, 2.05) is 106 Å². The van der Waals surface area contributed by atoms with Gasteiger partial charge in [-0.05, 0) is 155 Å². The molecule has 338 valence electrons. The summed E-state index contributed by atoms with van der Waals surface area (Å²) in [5.74, 6) is 1.36. The number of ether oxygens (including phenoxy) is 2. The minimum atomic E-state index is -3.69. The molecule has 0 aliphatic carbocycles. The number of rotatable bonds is 15. The molecule has 1 N–H and O–H groups in total. The summed E-state index contributed by atoms with van der Waals surface area (Å²) in [6.45, 7) is 33.9. The summed E-state index contributed by atoms with van der Waals surface area (Å²) in [5, 5.41) is 9.66. The summed E-state index contributed by atoms with van der Waals surface area (Å²) < 4.78 is 53.4. The number of esters is 1. The summed E-state index contributed by atoms with van der Waals surface area (Å²) in [6, 6.07) is 26.1. The van der Waals surface area contributed by atoms with Crippen LogP contribution < -0.4 is 4.74 Å². The predicted octanol–water partition coefficient (Wildman–Crippen LogP) is 13.0. The molecule has 0 heterocycles. The summed E-state index contributed by atoms with van der Waals surface area (Å²) in [6.07, 6.45) is 0.809. The van der Waals surface area contributed by atoms with Crippen LogP contribution in [0.4, 0.5) is 0 Å². The van der Waals surface area contributed by atoms with E-state index in [0.29, 0.717) is 39.9 Å². The van der Waals surface area contributed by atoms with Crippen LogP contribution in [0.15, 0.2) is 111 Å². The maximum Gasteiger partial charge on any atom is 0.312 e. The van der Waals surface area contributed by atoms with Crippen molar-refractivity contribution in [3.05, 3.63) is 108 Å². The second kappa shape index (κ2) is 19.5. The van der Waals surface area contributed by atoms with Crippen LogP contribution in [0.25, 0.3) is 0 Å². The number of sulfone groups is 1. The maximum atomic E-state index is 14.3. The minimum Gasteiger partial charge on any atom is -0.508 e. The zero-order valence-electron chi connectivity index (χ0n) is 40.5. The molecule has 0 aliphatic rings. The normalized spacial score (nSPS) is 14.4. The van der Waals surface area contributed by atoms with Gasteiger partial charge in [-0.3, -0.25) is 4.79 Å². The Morgan fingerprint density at radius 3 is 1.66 bits per heavy atom. The van der Waals surface area contributed by atoms with Gasteiger partial charge in [0.05, 0.1) is 33.9 Å². The molecule has 0 bridgehead atoms. The standard InChI is InChI=1S/C48H63BO7S2.C4H10/c1-32(2)33-15-24-39(25-16-33)58(53,54)40-26-20-37(21-27-40)55-47(12,13)45(8,9)35-17-22-38(23-18-35)57(52)41-28-19-36(50)29-34(41)30-44(6,7)31-48(14,46(10,11)49)42(51)56-43(3,4)5;1-4(2)3/h15-29,32,50H,30-31H2,1-14H3;4H,1-3H3. The molecule has 7 nitrogen and oxygen atoms in total. The van der Waals surface area contributed by atoms with E-state index in [0.717, 1.165) is 17.0 Å². The summed E-state index contributed by atoms with van der Waals surface area (Å²) >= 11 is 0. The van der Waals surface area contributed by atoms with Crippen LogP contribution in [0.2, 0.25) is 5.31 Å². The van der Waals surface area contributed by atoms with Crippen molar-refractivity contribution >= 4 is 34.5 Å². The Labute approximate surface area is 378 Å². The second-order valence-corrected chi connectivity index (χ2v) is 24.7. The van der Waals surface area contributed by atoms with Crippen molar-refractivity contribution in [2.24, 2.45) is 16.7 Å². The number of hydrogen-bond donors (Lipinski definition) is 1. The number of phenols is 1. The van der Waals surface area contributed by atoms with Gasteiger partial charge in [-0.1, -0.05) is 106 Å². The first-order valence-electron chi connectivity index (χ1n) is 21.6. The van der Waals surface area contributed by atoms with Crippen molar-refractivity contribution < 1.29 is 32.0 Å². The molecule has 10 heteroatoms. The van der Waals surface area contributed by atoms with Crippen molar-refractivity contribution in [2.75, 3.05) is 0 Å². The van der Waals surface area contributed by atoms with Gasteiger partial charge in [0.1, 0.15) is 22.7 Å². The number of hydrogen-bond acceptors (Lipinski definition) is 7. The average Bonchev–Trinajstić information content (AvgIpc) is 3.13. The first-order valence-corrected chi connectivity index (χ1v) is 24.3. The van der Waals surface area contributed by atoms with Crippen LogP contribution in [0.1, 0.15) is 147 Å². The fourth-order valence-electron chi connectivity index (χ4n) is 7.12. The van der Waals surface area contributed by atoms with Crippen LogP contribution in [0.3, 0.4) is 0 Å². The Morgan fingerprint density at radius 1 is 0.726 bits per heavy atom. The van der Waals surface area contributed by atoms with E-state index in [1.165, 1.54) is 0 Å². The molecule has 0 spiro atoms. The molecule has 0 saturated carbocycles. The highest BCUT2D eigenvalue weighted by atomic mass is 32.2. The Kier molecular flexibility index (Phi) is 16.5. The van der Waals surface area contributed by atoms with Crippen molar-refractivity contribution in [1.29, 1.82) is 0 Å². The first-order chi connectivity index (χ1) is 28.1. The van der Waals surface area contributed by atoms with E-state index in [-0.39, 0.29) is 21.5 Å². The van der Waals surface area contributed by atoms with E-state index >= 15 is 0 Å². The Morgan fingerprint density at radius 2 is 1.21 bits per heavy atom. The molecule has 4 aromatic rings. The number of carbonyl (C=O) groups is 1. The number of aromatic hydroxyl groups is 1. The van der Waals surface area contributed by atoms with E-state index < -0.39 is 53.4 Å². The summed E-state index contributed by atoms with van der Waals surface area (Å²) in [5.41, 5.74) is -0.771. The minimum absolute atomic E-state index is 0.0626. The van der Waals surface area contributed by atoms with Gasteiger partial charge in [-0.15, -0.1) is 0 Å². The molecule has 2 atom stereocenters. The highest BCUT2D eigenvalue weighted by Gasteiger charge is 2.49. The predicted molar refractivity (Wildman–Crippen MR) is 256 cm³/mol. The van der Waals surface area contributed by atoms with Crippen molar-refractivity contribution in [3.63, 3.8) is 0 Å². The van der Waals surface area contributed by atoms with Gasteiger partial charge in [-0.25, -0.2) is 12.6 Å². The molecule has 62 heavy (non-hydrogen) atoms. The van der Waals surface area contributed by atoms with Gasteiger partial charge in [-0.2, -0.15) is 0 Å². The van der Waals surface area contributed by atoms with E-state index in [2.05, 4.69) is 48.5 Å². The topological polar surface area (TPSA) is 107 Å². The fourth-order valence-corrected chi connectivity index (χ4v) is 9.58. The van der Waals surface area contributed by atoms with Crippen molar-refractivity contribution in [1.82, 2.24) is 0 Å². The third-order valence-corrected chi connectivity index (χ3v) is 15.0. The molecule has 0 amide bonds. The van der Waals surface area contributed by atoms with E-state index in [9.17, 15) is 22.5 Å². The molecular weight excluding hydrogens is 812 g/mol. The largest absolute Gasteiger partial charge is 0.508 e. The van der Waals surface area contributed by atoms with Gasteiger partial charge in [0.25, 0.3) is 0 Å². The fraction of sp³-hybridized carbons (Fsp3) is 0.519. The average molecular weight is 885 g/mol. The highest BCUT2D eigenvalue weighted by molar-refractivity contribution is 7.91. The van der Waals surface area contributed by atoms with Gasteiger partial charge in [0, 0.05) is 15.2 Å². The molecule has 4 rings (SSSR count). The van der Waals surface area contributed by atoms with Gasteiger partial charge in [0.15, 0.2) is 0 Å². The van der Waals surface area contributed by atoms with Crippen molar-refractivity contribution in [2.45, 2.75) is 178 Å². The summed E-state index contributed by atoms with van der Waals surface area (Å²) in [7, 11) is 1.37. The SMILES string of the molecule is CC(C)C.[B]C(C)(C)C(C)(CC(C)(C)Cc1cc(O)ccc1S(=O)c1ccc(C(C)(C)C(C)(C)Oc2ccc(S(=O)(=O)c3ccc(C(C)C)cc3)cc2)cc1)C(=O)OC(C)(C)C. The number of benzene rings is 4. The lowest BCUT2D eigenvalue weighted by Gasteiger charge is -2.46. The highest BCUT2D eigenvalue weighted by Crippen LogP contribution is 2.52. The Bertz CT molecular complexity index is 2260. The Balaban J connectivity index is 0.00000245. The van der Waals surface area contributed by atoms with Gasteiger partial charge in [0.2, 0.25) is 9.84 Å². The second-order valence-electron chi connectivity index (χ2n) is 21.3. The van der Waals surface area contributed by atoms with E-state index in [4.69, 9.17) is 17.3 Å². The summed E-state index contributed by atoms with van der Waals surface area (Å²) in [4.78, 5) is 15.2. The lowest BCUT2D eigenvalue weighted by atomic mass is 9.51. The van der Waals surface area contributed by atoms with Gasteiger partial charge < -0.3 is 14.6 Å². The molecule has 0 aromatic heterocycles. The number of phenolic OH excluding ortho intramolecular Hbond substituents is 1. The van der Waals surface area contributed by atoms with Crippen LogP contribution in [-0.4, -0.2) is 42.8 Å². The van der Waals surface area contributed by atoms with Crippen LogP contribution in [0, 0.1) is 16.7 Å². The molecule has 4 aromatic carbocycles. The molecular formula is C52H73BO7S2. The van der Waals surface area contributed by atoms with Crippen molar-refractivity contribution in [3.8, 4) is 11.5 Å². The molecule has 0 fully saturated rings. The molecule has 2 radical (unpaired) electrons. The van der Waals surface area contributed by atoms with E-state index in [1.54, 1.807) is 54.6 Å². The lowest BCUT2D eigenvalue weighted by Crippen LogP contribution is -2.47. The van der Waals surface area contributed by atoms with Gasteiger partial charge >= 0.3 is 5.97 Å². The maximum absolute atomic E-state index is 14.3. The molecule has 0 aliphatic heterocycles. The molecule has 0 saturated heterocycles. The zero-order valence-corrected chi connectivity index (χ0v) is 42.2. The third kappa shape index (κ3) is 13.1. The third-order valence-electron chi connectivity index (χ3n) is 11.7. The van der Waals surface area contributed by atoms with Crippen LogP contribution in [-0.2, 0) is 42.0 Å². The zero-order chi connectivity index (χ0) is 47.4. The smallest absolute Gasteiger partial charge is 0.312 e. The monoisotopic (exact) mass is 884 g/mol. The Hall–Kier alpha value is -3.89.